The van der Waals surface area contributed by atoms with Gasteiger partial charge in [-0.3, -0.25) is 0 Å². The summed E-state index contributed by atoms with van der Waals surface area (Å²) in [5.74, 6) is 0.911. The average Bonchev–Trinajstić information content (AvgIpc) is 2.46. The zero-order valence-electron chi connectivity index (χ0n) is 10.7. The third kappa shape index (κ3) is 2.29. The molecule has 1 heterocycles. The van der Waals surface area contributed by atoms with Gasteiger partial charge in [0.25, 0.3) is 0 Å². The first-order valence-corrected chi connectivity index (χ1v) is 6.35. The van der Waals surface area contributed by atoms with Crippen LogP contribution in [0.25, 0.3) is 0 Å². The lowest BCUT2D eigenvalue weighted by Gasteiger charge is -2.31. The fourth-order valence-electron chi connectivity index (χ4n) is 2.51. The Morgan fingerprint density at radius 3 is 2.68 bits per heavy atom. The number of phenols is 1. The molecule has 0 aromatic heterocycles. The molecule has 0 radical (unpaired) electrons. The Kier molecular flexibility index (Phi) is 3.13. The topological polar surface area (TPSA) is 38.7 Å². The van der Waals surface area contributed by atoms with E-state index < -0.39 is 0 Å². The first kappa shape index (κ1) is 12.1. The third-order valence-electron chi connectivity index (χ3n) is 3.50. The molecule has 3 nitrogen and oxygen atoms in total. The number of ether oxygens (including phenoxy) is 2. The molecule has 1 aliphatic heterocycles. The Morgan fingerprint density at radius 2 is 1.95 bits per heavy atom. The van der Waals surface area contributed by atoms with Crippen molar-refractivity contribution >= 4 is 0 Å². The van der Waals surface area contributed by atoms with Crippen LogP contribution in [-0.2, 0) is 4.74 Å². The normalized spacial score (nSPS) is 21.5. The number of hydrogen-bond donors (Lipinski definition) is 1. The van der Waals surface area contributed by atoms with Crippen LogP contribution in [0.1, 0.15) is 29.8 Å². The number of benzene rings is 2. The second kappa shape index (κ2) is 4.94. The highest BCUT2D eigenvalue weighted by atomic mass is 16.5. The van der Waals surface area contributed by atoms with E-state index in [0.29, 0.717) is 5.75 Å². The van der Waals surface area contributed by atoms with Gasteiger partial charge in [-0.25, -0.2) is 0 Å². The van der Waals surface area contributed by atoms with Gasteiger partial charge in [-0.1, -0.05) is 30.3 Å². The maximum absolute atomic E-state index is 9.58. The van der Waals surface area contributed by atoms with E-state index in [4.69, 9.17) is 9.47 Å². The van der Waals surface area contributed by atoms with Gasteiger partial charge >= 0.3 is 0 Å². The van der Waals surface area contributed by atoms with Crippen LogP contribution in [0.5, 0.6) is 11.5 Å². The quantitative estimate of drug-likeness (QED) is 0.892. The van der Waals surface area contributed by atoms with Gasteiger partial charge in [-0.15, -0.1) is 0 Å². The van der Waals surface area contributed by atoms with Gasteiger partial charge in [0.1, 0.15) is 17.6 Å². The maximum atomic E-state index is 9.58. The van der Waals surface area contributed by atoms with Crippen LogP contribution in [0.3, 0.4) is 0 Å². The average molecular weight is 256 g/mol. The van der Waals surface area contributed by atoms with Crippen molar-refractivity contribution in [3.05, 3.63) is 59.7 Å². The van der Waals surface area contributed by atoms with Gasteiger partial charge in [0.05, 0.1) is 6.10 Å². The predicted octanol–water partition coefficient (Wildman–Crippen LogP) is 3.60. The molecule has 1 N–H and O–H groups in total. The monoisotopic (exact) mass is 256 g/mol. The molecule has 19 heavy (non-hydrogen) atoms. The van der Waals surface area contributed by atoms with Crippen molar-refractivity contribution in [1.82, 2.24) is 0 Å². The highest BCUT2D eigenvalue weighted by molar-refractivity contribution is 5.43. The second-order valence-corrected chi connectivity index (χ2v) is 4.70. The lowest BCUT2D eigenvalue weighted by molar-refractivity contribution is 0.0300. The largest absolute Gasteiger partial charge is 0.508 e. The lowest BCUT2D eigenvalue weighted by Crippen LogP contribution is -2.20. The van der Waals surface area contributed by atoms with Crippen LogP contribution in [0.2, 0.25) is 0 Å². The van der Waals surface area contributed by atoms with Gasteiger partial charge in [-0.05, 0) is 17.7 Å². The fourth-order valence-corrected chi connectivity index (χ4v) is 2.51. The van der Waals surface area contributed by atoms with E-state index in [1.165, 1.54) is 0 Å². The van der Waals surface area contributed by atoms with Gasteiger partial charge in [0.2, 0.25) is 0 Å². The highest BCUT2D eigenvalue weighted by Crippen LogP contribution is 2.43. The summed E-state index contributed by atoms with van der Waals surface area (Å²) in [7, 11) is 1.70. The third-order valence-corrected chi connectivity index (χ3v) is 3.50. The molecule has 1 aliphatic rings. The number of phenolic OH excluding ortho intramolecular Hbond substituents is 1. The number of aromatic hydroxyl groups is 1. The molecule has 3 rings (SSSR count). The summed E-state index contributed by atoms with van der Waals surface area (Å²) in [5.41, 5.74) is 2.12. The minimum Gasteiger partial charge on any atom is -0.508 e. The fraction of sp³-hybridized carbons (Fsp3) is 0.250. The van der Waals surface area contributed by atoms with Crippen molar-refractivity contribution in [3.63, 3.8) is 0 Å². The highest BCUT2D eigenvalue weighted by Gasteiger charge is 2.29. The van der Waals surface area contributed by atoms with Crippen LogP contribution >= 0.6 is 0 Å². The Hall–Kier alpha value is -2.00. The number of rotatable bonds is 2. The Morgan fingerprint density at radius 1 is 1.16 bits per heavy atom. The molecule has 2 unspecified atom stereocenters. The first-order chi connectivity index (χ1) is 9.28. The summed E-state index contributed by atoms with van der Waals surface area (Å²) in [5, 5.41) is 9.58. The molecular weight excluding hydrogens is 240 g/mol. The summed E-state index contributed by atoms with van der Waals surface area (Å²) >= 11 is 0. The summed E-state index contributed by atoms with van der Waals surface area (Å²) in [6.07, 6.45) is 0.730. The van der Waals surface area contributed by atoms with Crippen LogP contribution in [0.4, 0.5) is 0 Å². The van der Waals surface area contributed by atoms with Gasteiger partial charge < -0.3 is 14.6 Å². The molecule has 2 atom stereocenters. The molecule has 0 saturated carbocycles. The van der Waals surface area contributed by atoms with Crippen molar-refractivity contribution in [3.8, 4) is 11.5 Å². The molecule has 0 saturated heterocycles. The molecule has 0 bridgehead atoms. The summed E-state index contributed by atoms with van der Waals surface area (Å²) in [6.45, 7) is 0. The second-order valence-electron chi connectivity index (χ2n) is 4.70. The molecule has 0 spiro atoms. The van der Waals surface area contributed by atoms with E-state index in [1.54, 1.807) is 19.2 Å². The van der Waals surface area contributed by atoms with E-state index in [1.807, 2.05) is 36.4 Å². The standard InChI is InChI=1S/C16H16O3/c1-18-15-10-14(11-5-3-2-4-6-11)19-16-9-12(17)7-8-13(15)16/h2-9,14-15,17H,10H2,1H3. The van der Waals surface area contributed by atoms with Crippen molar-refractivity contribution in [2.45, 2.75) is 18.6 Å². The van der Waals surface area contributed by atoms with Crippen molar-refractivity contribution < 1.29 is 14.6 Å². The predicted molar refractivity (Wildman–Crippen MR) is 72.3 cm³/mol. The van der Waals surface area contributed by atoms with Crippen molar-refractivity contribution in [2.24, 2.45) is 0 Å². The smallest absolute Gasteiger partial charge is 0.129 e. The van der Waals surface area contributed by atoms with E-state index in [2.05, 4.69) is 0 Å². The van der Waals surface area contributed by atoms with Gasteiger partial charge in [0, 0.05) is 25.2 Å². The van der Waals surface area contributed by atoms with E-state index in [9.17, 15) is 5.11 Å². The van der Waals surface area contributed by atoms with Gasteiger partial charge in [-0.2, -0.15) is 0 Å². The van der Waals surface area contributed by atoms with Crippen molar-refractivity contribution in [2.75, 3.05) is 7.11 Å². The number of hydrogen-bond acceptors (Lipinski definition) is 3. The molecule has 98 valence electrons. The molecular formula is C16H16O3. The van der Waals surface area contributed by atoms with Crippen LogP contribution in [0, 0.1) is 0 Å². The molecule has 0 aliphatic carbocycles. The molecule has 0 amide bonds. The number of methoxy groups -OCH3 is 1. The maximum Gasteiger partial charge on any atom is 0.129 e. The van der Waals surface area contributed by atoms with Crippen LogP contribution in [-0.4, -0.2) is 12.2 Å². The van der Waals surface area contributed by atoms with Gasteiger partial charge in [0.15, 0.2) is 0 Å². The Labute approximate surface area is 112 Å². The van der Waals surface area contributed by atoms with E-state index >= 15 is 0 Å². The number of fused-ring (bicyclic) bond motifs is 1. The first-order valence-electron chi connectivity index (χ1n) is 6.35. The SMILES string of the molecule is COC1CC(c2ccccc2)Oc2cc(O)ccc21. The molecule has 2 aromatic carbocycles. The lowest BCUT2D eigenvalue weighted by atomic mass is 9.95. The van der Waals surface area contributed by atoms with Crippen LogP contribution < -0.4 is 4.74 Å². The van der Waals surface area contributed by atoms with Crippen molar-refractivity contribution in [1.29, 1.82) is 0 Å². The summed E-state index contributed by atoms with van der Waals surface area (Å²) in [6, 6.07) is 15.3. The van der Waals surface area contributed by atoms with Crippen LogP contribution in [0.15, 0.2) is 48.5 Å². The summed E-state index contributed by atoms with van der Waals surface area (Å²) < 4.78 is 11.5. The summed E-state index contributed by atoms with van der Waals surface area (Å²) in [4.78, 5) is 0. The minimum absolute atomic E-state index is 0.00504. The zero-order chi connectivity index (χ0) is 13.2. The zero-order valence-corrected chi connectivity index (χ0v) is 10.7. The molecule has 0 fully saturated rings. The van der Waals surface area contributed by atoms with E-state index in [0.717, 1.165) is 17.5 Å². The molecule has 2 aromatic rings. The minimum atomic E-state index is -0.0413. The Balaban J connectivity index is 1.97. The Bertz CT molecular complexity index is 565. The molecule has 3 heteroatoms. The van der Waals surface area contributed by atoms with E-state index in [-0.39, 0.29) is 18.0 Å².